The predicted molar refractivity (Wildman–Crippen MR) is 59.4 cm³/mol. The third kappa shape index (κ3) is 2.14. The van der Waals surface area contributed by atoms with Crippen molar-refractivity contribution in [3.8, 4) is 5.75 Å². The summed E-state index contributed by atoms with van der Waals surface area (Å²) in [6, 6.07) is 2.69. The fraction of sp³-hybridized carbons (Fsp3) is 0.400. The molecule has 1 fully saturated rings. The van der Waals surface area contributed by atoms with Crippen LogP contribution in [0, 0.1) is 5.82 Å². The molecule has 82 valence electrons. The summed E-state index contributed by atoms with van der Waals surface area (Å²) in [6.45, 7) is 2.27. The number of rotatable bonds is 1. The Kier molecular flexibility index (Phi) is 3.23. The standard InChI is InChI=1S/C10H12BrFN2O/c11-6-1-2-7(12)9(10(6)15)8-5-13-3-4-14-8/h1-2,8,13-15H,3-5H2/t8-/m0/s1. The number of hydrogen-bond acceptors (Lipinski definition) is 3. The summed E-state index contributed by atoms with van der Waals surface area (Å²) < 4.78 is 14.1. The molecule has 0 amide bonds. The number of phenolic OH excluding ortho intramolecular Hbond substituents is 1. The van der Waals surface area contributed by atoms with E-state index < -0.39 is 0 Å². The zero-order chi connectivity index (χ0) is 10.8. The molecule has 15 heavy (non-hydrogen) atoms. The lowest BCUT2D eigenvalue weighted by atomic mass is 10.0. The summed E-state index contributed by atoms with van der Waals surface area (Å²) in [4.78, 5) is 0. The van der Waals surface area contributed by atoms with E-state index >= 15 is 0 Å². The lowest BCUT2D eigenvalue weighted by Crippen LogP contribution is -2.43. The molecule has 3 nitrogen and oxygen atoms in total. The molecule has 1 heterocycles. The minimum absolute atomic E-state index is 0.0174. The molecule has 0 aliphatic carbocycles. The van der Waals surface area contributed by atoms with Crippen LogP contribution in [0.3, 0.4) is 0 Å². The first-order valence-corrected chi connectivity index (χ1v) is 5.60. The minimum atomic E-state index is -0.378. The van der Waals surface area contributed by atoms with E-state index in [0.29, 0.717) is 16.6 Å². The van der Waals surface area contributed by atoms with Gasteiger partial charge in [-0.25, -0.2) is 4.39 Å². The van der Waals surface area contributed by atoms with E-state index in [0.717, 1.165) is 13.1 Å². The van der Waals surface area contributed by atoms with E-state index in [9.17, 15) is 9.50 Å². The third-order valence-electron chi connectivity index (χ3n) is 2.50. The fourth-order valence-corrected chi connectivity index (χ4v) is 2.09. The average Bonchev–Trinajstić information content (AvgIpc) is 2.26. The molecule has 1 saturated heterocycles. The van der Waals surface area contributed by atoms with E-state index in [4.69, 9.17) is 0 Å². The molecule has 1 aromatic carbocycles. The second kappa shape index (κ2) is 4.47. The van der Waals surface area contributed by atoms with E-state index in [1.54, 1.807) is 0 Å². The first-order chi connectivity index (χ1) is 7.20. The second-order valence-electron chi connectivity index (χ2n) is 3.50. The van der Waals surface area contributed by atoms with E-state index in [-0.39, 0.29) is 17.6 Å². The van der Waals surface area contributed by atoms with Crippen molar-refractivity contribution >= 4 is 15.9 Å². The minimum Gasteiger partial charge on any atom is -0.506 e. The van der Waals surface area contributed by atoms with Crippen LogP contribution >= 0.6 is 15.9 Å². The summed E-state index contributed by atoms with van der Waals surface area (Å²) in [5.41, 5.74) is 0.330. The van der Waals surface area contributed by atoms with Crippen molar-refractivity contribution in [3.63, 3.8) is 0 Å². The monoisotopic (exact) mass is 274 g/mol. The molecule has 0 aromatic heterocycles. The van der Waals surface area contributed by atoms with Crippen LogP contribution in [0.2, 0.25) is 0 Å². The Morgan fingerprint density at radius 1 is 1.40 bits per heavy atom. The molecule has 3 N–H and O–H groups in total. The van der Waals surface area contributed by atoms with E-state index in [2.05, 4.69) is 26.6 Å². The van der Waals surface area contributed by atoms with Gasteiger partial charge in [0.25, 0.3) is 0 Å². The molecule has 5 heteroatoms. The van der Waals surface area contributed by atoms with Gasteiger partial charge in [0.1, 0.15) is 11.6 Å². The molecule has 0 unspecified atom stereocenters. The van der Waals surface area contributed by atoms with E-state index in [1.807, 2.05) is 0 Å². The van der Waals surface area contributed by atoms with Gasteiger partial charge in [0.05, 0.1) is 10.5 Å². The van der Waals surface area contributed by atoms with Crippen molar-refractivity contribution in [2.75, 3.05) is 19.6 Å². The number of phenols is 1. The van der Waals surface area contributed by atoms with Crippen LogP contribution in [0.25, 0.3) is 0 Å². The van der Waals surface area contributed by atoms with Crippen molar-refractivity contribution in [2.24, 2.45) is 0 Å². The Morgan fingerprint density at radius 2 is 2.20 bits per heavy atom. The number of nitrogens with one attached hydrogen (secondary N) is 2. The maximum Gasteiger partial charge on any atom is 0.137 e. The second-order valence-corrected chi connectivity index (χ2v) is 4.36. The van der Waals surface area contributed by atoms with Gasteiger partial charge in [-0.15, -0.1) is 0 Å². The van der Waals surface area contributed by atoms with Crippen LogP contribution in [0.15, 0.2) is 16.6 Å². The lowest BCUT2D eigenvalue weighted by molar-refractivity contribution is 0.388. The van der Waals surface area contributed by atoms with Gasteiger partial charge in [-0.05, 0) is 28.1 Å². The molecule has 2 rings (SSSR count). The van der Waals surface area contributed by atoms with Gasteiger partial charge in [-0.1, -0.05) is 0 Å². The first kappa shape index (κ1) is 10.9. The molecule has 1 aliphatic heterocycles. The SMILES string of the molecule is Oc1c(Br)ccc(F)c1[C@@H]1CNCCN1. The Bertz CT molecular complexity index is 367. The van der Waals surface area contributed by atoms with Crippen molar-refractivity contribution in [2.45, 2.75) is 6.04 Å². The number of hydrogen-bond donors (Lipinski definition) is 3. The summed E-state index contributed by atoms with van der Waals surface area (Å²) >= 11 is 3.18. The fourth-order valence-electron chi connectivity index (χ4n) is 1.75. The molecule has 0 radical (unpaired) electrons. The van der Waals surface area contributed by atoms with Crippen LogP contribution in [0.4, 0.5) is 4.39 Å². The molecule has 1 aliphatic rings. The highest BCUT2D eigenvalue weighted by Crippen LogP contribution is 2.34. The normalized spacial score (nSPS) is 21.6. The van der Waals surface area contributed by atoms with Crippen LogP contribution < -0.4 is 10.6 Å². The highest BCUT2D eigenvalue weighted by molar-refractivity contribution is 9.10. The molecule has 1 aromatic rings. The maximum atomic E-state index is 13.6. The smallest absolute Gasteiger partial charge is 0.137 e. The van der Waals surface area contributed by atoms with Crippen molar-refractivity contribution < 1.29 is 9.50 Å². The highest BCUT2D eigenvalue weighted by atomic mass is 79.9. The number of piperazine rings is 1. The zero-order valence-electron chi connectivity index (χ0n) is 8.06. The van der Waals surface area contributed by atoms with Gasteiger partial charge >= 0.3 is 0 Å². The summed E-state index contributed by atoms with van der Waals surface area (Å²) in [7, 11) is 0. The zero-order valence-corrected chi connectivity index (χ0v) is 9.64. The molecular formula is C10H12BrFN2O. The highest BCUT2D eigenvalue weighted by Gasteiger charge is 2.22. The lowest BCUT2D eigenvalue weighted by Gasteiger charge is -2.26. The third-order valence-corrected chi connectivity index (χ3v) is 3.14. The number of benzene rings is 1. The van der Waals surface area contributed by atoms with Crippen molar-refractivity contribution in [3.05, 3.63) is 28.0 Å². The van der Waals surface area contributed by atoms with Gasteiger partial charge in [0.2, 0.25) is 0 Å². The Morgan fingerprint density at radius 3 is 2.87 bits per heavy atom. The van der Waals surface area contributed by atoms with Crippen LogP contribution in [0.1, 0.15) is 11.6 Å². The van der Waals surface area contributed by atoms with E-state index in [1.165, 1.54) is 12.1 Å². The van der Waals surface area contributed by atoms with Gasteiger partial charge in [-0.2, -0.15) is 0 Å². The summed E-state index contributed by atoms with van der Waals surface area (Å²) in [5, 5.41) is 16.1. The maximum absolute atomic E-state index is 13.6. The topological polar surface area (TPSA) is 44.3 Å². The van der Waals surface area contributed by atoms with Crippen LogP contribution in [-0.2, 0) is 0 Å². The summed E-state index contributed by atoms with van der Waals surface area (Å²) in [6.07, 6.45) is 0. The van der Waals surface area contributed by atoms with Gasteiger partial charge in [-0.3, -0.25) is 0 Å². The predicted octanol–water partition coefficient (Wildman–Crippen LogP) is 1.53. The largest absolute Gasteiger partial charge is 0.506 e. The first-order valence-electron chi connectivity index (χ1n) is 4.81. The average molecular weight is 275 g/mol. The molecule has 0 saturated carbocycles. The Labute approximate surface area is 95.8 Å². The van der Waals surface area contributed by atoms with Crippen molar-refractivity contribution in [1.29, 1.82) is 0 Å². The molecule has 0 spiro atoms. The van der Waals surface area contributed by atoms with Gasteiger partial charge < -0.3 is 15.7 Å². The van der Waals surface area contributed by atoms with Crippen LogP contribution in [0.5, 0.6) is 5.75 Å². The van der Waals surface area contributed by atoms with Crippen LogP contribution in [-0.4, -0.2) is 24.7 Å². The Hall–Kier alpha value is -0.650. The van der Waals surface area contributed by atoms with Gasteiger partial charge in [0.15, 0.2) is 0 Å². The number of aromatic hydroxyl groups is 1. The van der Waals surface area contributed by atoms with Gasteiger partial charge in [0, 0.05) is 25.2 Å². The molecule has 1 atom stereocenters. The molecular weight excluding hydrogens is 263 g/mol. The Balaban J connectivity index is 2.36. The number of halogens is 2. The molecule has 0 bridgehead atoms. The van der Waals surface area contributed by atoms with Crippen molar-refractivity contribution in [1.82, 2.24) is 10.6 Å². The quantitative estimate of drug-likeness (QED) is 0.728. The summed E-state index contributed by atoms with van der Waals surface area (Å²) in [5.74, 6) is -0.395.